The normalized spacial score (nSPS) is 20.4. The molecule has 4 aliphatic rings. The maximum atomic E-state index is 14.0. The van der Waals surface area contributed by atoms with E-state index in [1.807, 2.05) is 37.3 Å². The molecule has 66 heavy (non-hydrogen) atoms. The SMILES string of the molecule is C[C@@H](C(=O)Nc1ccc(OC2CN(CCCOCCOCCNC(=O)COc3cccc4c3C(=O)N(C3CCC(=O)NC3=O)C4=O)C2)cc1)C1CCC(c2ccnc3ccc(F)cc23)CC1. The van der Waals surface area contributed by atoms with Gasteiger partial charge in [0.15, 0.2) is 6.61 Å². The molecule has 6 amide bonds. The zero-order chi connectivity index (χ0) is 46.2. The van der Waals surface area contributed by atoms with Crippen molar-refractivity contribution in [1.82, 2.24) is 25.4 Å². The first kappa shape index (κ1) is 46.2. The number of rotatable bonds is 20. The van der Waals surface area contributed by atoms with Gasteiger partial charge in [-0.15, -0.1) is 0 Å². The van der Waals surface area contributed by atoms with Gasteiger partial charge in [0.25, 0.3) is 17.7 Å². The molecule has 3 fully saturated rings. The van der Waals surface area contributed by atoms with Crippen LogP contribution >= 0.6 is 0 Å². The van der Waals surface area contributed by atoms with E-state index in [4.69, 9.17) is 18.9 Å². The number of halogens is 1. The maximum absolute atomic E-state index is 14.0. The molecule has 2 atom stereocenters. The lowest BCUT2D eigenvalue weighted by Crippen LogP contribution is -2.54. The minimum atomic E-state index is -1.10. The molecule has 4 aromatic rings. The van der Waals surface area contributed by atoms with Gasteiger partial charge in [0.05, 0.1) is 36.5 Å². The van der Waals surface area contributed by atoms with Gasteiger partial charge in [-0.05, 0) is 117 Å². The van der Waals surface area contributed by atoms with E-state index in [9.17, 15) is 33.2 Å². The average Bonchev–Trinajstić information content (AvgIpc) is 3.56. The molecule has 3 aliphatic heterocycles. The average molecular weight is 907 g/mol. The quantitative estimate of drug-likeness (QED) is 0.0795. The van der Waals surface area contributed by atoms with Crippen LogP contribution in [0.2, 0.25) is 0 Å². The highest BCUT2D eigenvalue weighted by Crippen LogP contribution is 2.41. The minimum Gasteiger partial charge on any atom is -0.488 e. The number of nitrogens with one attached hydrogen (secondary N) is 3. The molecular formula is C49H55FN6O10. The number of imide groups is 2. The smallest absolute Gasteiger partial charge is 0.266 e. The zero-order valence-corrected chi connectivity index (χ0v) is 36.9. The second kappa shape index (κ2) is 21.3. The number of pyridine rings is 1. The monoisotopic (exact) mass is 906 g/mol. The number of hydrogen-bond acceptors (Lipinski definition) is 12. The summed E-state index contributed by atoms with van der Waals surface area (Å²) < 4.78 is 37.0. The maximum Gasteiger partial charge on any atom is 0.266 e. The molecule has 2 saturated heterocycles. The van der Waals surface area contributed by atoms with Gasteiger partial charge >= 0.3 is 0 Å². The summed E-state index contributed by atoms with van der Waals surface area (Å²) in [7, 11) is 0. The van der Waals surface area contributed by atoms with E-state index in [1.54, 1.807) is 18.3 Å². The lowest BCUT2D eigenvalue weighted by molar-refractivity contribution is -0.136. The van der Waals surface area contributed by atoms with Crippen molar-refractivity contribution in [2.75, 3.05) is 64.5 Å². The molecule has 3 N–H and O–H groups in total. The summed E-state index contributed by atoms with van der Waals surface area (Å²) in [4.78, 5) is 83.3. The van der Waals surface area contributed by atoms with Crippen LogP contribution in [0.25, 0.3) is 10.9 Å². The van der Waals surface area contributed by atoms with Crippen molar-refractivity contribution in [3.05, 3.63) is 95.4 Å². The number of aromatic nitrogens is 1. The first-order valence-electron chi connectivity index (χ1n) is 22.8. The largest absolute Gasteiger partial charge is 0.488 e. The van der Waals surface area contributed by atoms with Crippen molar-refractivity contribution < 1.29 is 52.1 Å². The highest BCUT2D eigenvalue weighted by Gasteiger charge is 2.46. The van der Waals surface area contributed by atoms with E-state index in [0.29, 0.717) is 25.7 Å². The number of carbonyl (C=O) groups is 6. The number of ether oxygens (including phenoxy) is 4. The topological polar surface area (TPSA) is 195 Å². The van der Waals surface area contributed by atoms with Gasteiger partial charge in [-0.25, -0.2) is 4.39 Å². The van der Waals surface area contributed by atoms with Gasteiger partial charge in [-0.2, -0.15) is 0 Å². The Morgan fingerprint density at radius 2 is 1.67 bits per heavy atom. The Bertz CT molecular complexity index is 2440. The van der Waals surface area contributed by atoms with Crippen molar-refractivity contribution in [3.8, 4) is 11.5 Å². The fourth-order valence-corrected chi connectivity index (χ4v) is 9.26. The molecule has 1 saturated carbocycles. The molecule has 1 aromatic heterocycles. The van der Waals surface area contributed by atoms with Gasteiger partial charge in [0.1, 0.15) is 29.5 Å². The van der Waals surface area contributed by atoms with Crippen LogP contribution in [0.3, 0.4) is 0 Å². The molecule has 0 radical (unpaired) electrons. The standard InChI is InChI=1S/C49H55FN6O10/c1-30(31-6-8-32(9-7-31)37-18-19-51-40-15-10-33(50)26-39(37)40)46(59)53-34-11-13-35(14-12-34)66-36-27-55(28-36)21-3-22-63-24-25-64-23-20-52-44(58)29-65-42-5-2-4-38-45(42)49(62)56(48(38)61)41-16-17-43(57)54-47(41)60/h2,4-5,10-15,18-19,26,30-32,36,41H,3,6-9,16-17,20-25,27-29H2,1H3,(H,52,58)(H,53,59)(H,54,57,60)/t30-,31?,32?,41?/m1/s1. The Balaban J connectivity index is 0.634. The number of piperidine rings is 1. The van der Waals surface area contributed by atoms with Gasteiger partial charge in [-0.3, -0.25) is 48.9 Å². The number of fused-ring (bicyclic) bond motifs is 2. The predicted octanol–water partition coefficient (Wildman–Crippen LogP) is 5.01. The number of hydrogen-bond donors (Lipinski definition) is 3. The van der Waals surface area contributed by atoms with Crippen LogP contribution in [0, 0.1) is 17.7 Å². The zero-order valence-electron chi connectivity index (χ0n) is 36.9. The van der Waals surface area contributed by atoms with Crippen LogP contribution in [-0.4, -0.2) is 122 Å². The van der Waals surface area contributed by atoms with E-state index in [0.717, 1.165) is 84.5 Å². The Kier molecular flexibility index (Phi) is 14.9. The molecular weight excluding hydrogens is 852 g/mol. The molecule has 4 heterocycles. The number of amides is 6. The molecule has 1 aliphatic carbocycles. The Morgan fingerprint density at radius 3 is 2.44 bits per heavy atom. The van der Waals surface area contributed by atoms with Gasteiger partial charge in [-0.1, -0.05) is 13.0 Å². The molecule has 0 bridgehead atoms. The second-order valence-electron chi connectivity index (χ2n) is 17.3. The summed E-state index contributed by atoms with van der Waals surface area (Å²) in [5.74, 6) is -1.94. The van der Waals surface area contributed by atoms with Crippen LogP contribution in [0.4, 0.5) is 10.1 Å². The summed E-state index contributed by atoms with van der Waals surface area (Å²) in [5.41, 5.74) is 2.73. The lowest BCUT2D eigenvalue weighted by Gasteiger charge is -2.39. The Morgan fingerprint density at radius 1 is 0.894 bits per heavy atom. The third-order valence-electron chi connectivity index (χ3n) is 12.9. The fraction of sp³-hybridized carbons (Fsp3) is 0.449. The summed E-state index contributed by atoms with van der Waals surface area (Å²) in [5, 5.41) is 8.81. The van der Waals surface area contributed by atoms with Crippen LogP contribution in [0.5, 0.6) is 11.5 Å². The Hall–Kier alpha value is -6.30. The van der Waals surface area contributed by atoms with Crippen LogP contribution in [0.1, 0.15) is 84.1 Å². The second-order valence-corrected chi connectivity index (χ2v) is 17.3. The predicted molar refractivity (Wildman–Crippen MR) is 239 cm³/mol. The molecule has 348 valence electrons. The number of likely N-dealkylation sites (tertiary alicyclic amines) is 1. The minimum absolute atomic E-state index is 0.00987. The highest BCUT2D eigenvalue weighted by molar-refractivity contribution is 6.24. The number of benzene rings is 3. The summed E-state index contributed by atoms with van der Waals surface area (Å²) in [6.45, 7) is 5.98. The molecule has 1 unspecified atom stereocenters. The van der Waals surface area contributed by atoms with Crippen molar-refractivity contribution in [2.24, 2.45) is 11.8 Å². The van der Waals surface area contributed by atoms with Gasteiger partial charge < -0.3 is 29.6 Å². The van der Waals surface area contributed by atoms with Crippen LogP contribution in [0.15, 0.2) is 72.9 Å². The third kappa shape index (κ3) is 11.0. The summed E-state index contributed by atoms with van der Waals surface area (Å²) in [6.07, 6.45) is 6.59. The van der Waals surface area contributed by atoms with E-state index in [-0.39, 0.29) is 72.5 Å². The first-order chi connectivity index (χ1) is 32.0. The van der Waals surface area contributed by atoms with E-state index in [1.165, 1.54) is 24.3 Å². The van der Waals surface area contributed by atoms with Crippen molar-refractivity contribution in [1.29, 1.82) is 0 Å². The third-order valence-corrected chi connectivity index (χ3v) is 12.9. The molecule has 0 spiro atoms. The van der Waals surface area contributed by atoms with Gasteiger partial charge in [0, 0.05) is 62.4 Å². The molecule has 16 nitrogen and oxygen atoms in total. The molecule has 17 heteroatoms. The Labute approximate surface area is 381 Å². The highest BCUT2D eigenvalue weighted by atomic mass is 19.1. The number of nitrogens with zero attached hydrogens (tertiary/aromatic N) is 3. The first-order valence-corrected chi connectivity index (χ1v) is 22.8. The van der Waals surface area contributed by atoms with Crippen molar-refractivity contribution >= 4 is 52.0 Å². The summed E-state index contributed by atoms with van der Waals surface area (Å²) in [6, 6.07) is 17.7. The van der Waals surface area contributed by atoms with Gasteiger partial charge in [0.2, 0.25) is 17.7 Å². The van der Waals surface area contributed by atoms with E-state index in [2.05, 4.69) is 25.8 Å². The lowest BCUT2D eigenvalue weighted by atomic mass is 9.73. The van der Waals surface area contributed by atoms with Crippen molar-refractivity contribution in [2.45, 2.75) is 69.9 Å². The van der Waals surface area contributed by atoms with Crippen LogP contribution < -0.4 is 25.4 Å². The van der Waals surface area contributed by atoms with E-state index < -0.39 is 42.2 Å². The molecule has 3 aromatic carbocycles. The van der Waals surface area contributed by atoms with Crippen LogP contribution in [-0.2, 0) is 28.7 Å². The summed E-state index contributed by atoms with van der Waals surface area (Å²) >= 11 is 0. The van der Waals surface area contributed by atoms with E-state index >= 15 is 0 Å². The molecule has 8 rings (SSSR count). The fourth-order valence-electron chi connectivity index (χ4n) is 9.26. The number of carbonyl (C=O) groups excluding carboxylic acids is 6. The number of anilines is 1. The van der Waals surface area contributed by atoms with Crippen molar-refractivity contribution in [3.63, 3.8) is 0 Å².